The third-order valence-corrected chi connectivity index (χ3v) is 5.06. The first-order chi connectivity index (χ1) is 14.0. The summed E-state index contributed by atoms with van der Waals surface area (Å²) in [6, 6.07) is 16.4. The quantitative estimate of drug-likeness (QED) is 0.499. The molecule has 0 saturated carbocycles. The molecule has 7 nitrogen and oxygen atoms in total. The van der Waals surface area contributed by atoms with E-state index in [2.05, 4.69) is 60.8 Å². The molecular weight excluding hydrogens is 382 g/mol. The highest BCUT2D eigenvalue weighted by Gasteiger charge is 2.12. The zero-order chi connectivity index (χ0) is 20.4. The van der Waals surface area contributed by atoms with E-state index in [1.165, 1.54) is 16.0 Å². The van der Waals surface area contributed by atoms with Crippen LogP contribution in [0.1, 0.15) is 16.7 Å². The monoisotopic (exact) mass is 406 g/mol. The van der Waals surface area contributed by atoms with E-state index in [1.807, 2.05) is 41.2 Å². The molecule has 1 unspecified atom stereocenters. The van der Waals surface area contributed by atoms with E-state index in [9.17, 15) is 0 Å². The molecule has 2 aromatic heterocycles. The van der Waals surface area contributed by atoms with Crippen molar-refractivity contribution in [2.75, 3.05) is 7.05 Å². The first-order valence-electron chi connectivity index (χ1n) is 9.51. The van der Waals surface area contributed by atoms with Crippen molar-refractivity contribution in [3.05, 3.63) is 82.4 Å². The number of para-hydroxylation sites is 1. The number of tetrazole rings is 1. The minimum Gasteiger partial charge on any atom is -0.315 e. The number of hydrogen-bond acceptors (Lipinski definition) is 4. The van der Waals surface area contributed by atoms with Crippen LogP contribution in [0.15, 0.2) is 60.9 Å². The van der Waals surface area contributed by atoms with Crippen molar-refractivity contribution >= 4 is 12.2 Å². The lowest BCUT2D eigenvalue weighted by atomic mass is 10.1. The molecule has 0 spiro atoms. The molecule has 0 aliphatic heterocycles. The van der Waals surface area contributed by atoms with Gasteiger partial charge in [0.05, 0.1) is 24.6 Å². The molecule has 1 N–H and O–H groups in total. The van der Waals surface area contributed by atoms with Crippen LogP contribution in [-0.2, 0) is 13.2 Å². The van der Waals surface area contributed by atoms with Crippen LogP contribution in [0.5, 0.6) is 0 Å². The van der Waals surface area contributed by atoms with E-state index in [4.69, 9.17) is 12.2 Å². The normalized spacial score (nSPS) is 12.2. The molecule has 1 atom stereocenters. The minimum absolute atomic E-state index is 0.592. The molecule has 0 radical (unpaired) electrons. The lowest BCUT2D eigenvalue weighted by Gasteiger charge is -2.12. The Morgan fingerprint density at radius 2 is 1.69 bits per heavy atom. The third-order valence-electron chi connectivity index (χ3n) is 4.67. The standard InChI is InChI=1S/C21H23N7S/c1-16-9-17(2)11-20(10-16)28-21(29)27(23-24-28)15-25(3)13-18-12-22-26(14-18)19-7-5-4-6-8-19/h4-12,14H,13,15H2,1-3H3/p+1. The van der Waals surface area contributed by atoms with Crippen molar-refractivity contribution in [3.8, 4) is 11.4 Å². The van der Waals surface area contributed by atoms with Crippen molar-refractivity contribution in [2.45, 2.75) is 27.1 Å². The molecule has 2 aromatic carbocycles. The molecule has 4 aromatic rings. The lowest BCUT2D eigenvalue weighted by Crippen LogP contribution is -3.07. The van der Waals surface area contributed by atoms with E-state index in [0.717, 1.165) is 23.5 Å². The molecule has 8 heteroatoms. The Hall–Kier alpha value is -3.10. The SMILES string of the molecule is Cc1cc(C)cc(-n2nnn(C[NH+](C)Cc3cnn(-c4ccccc4)c3)c2=S)c1. The van der Waals surface area contributed by atoms with Gasteiger partial charge in [-0.05, 0) is 71.9 Å². The van der Waals surface area contributed by atoms with Crippen LogP contribution >= 0.6 is 12.2 Å². The summed E-state index contributed by atoms with van der Waals surface area (Å²) >= 11 is 5.62. The van der Waals surface area contributed by atoms with Crippen molar-refractivity contribution in [1.82, 2.24) is 29.6 Å². The zero-order valence-electron chi connectivity index (χ0n) is 16.8. The van der Waals surface area contributed by atoms with Crippen molar-refractivity contribution < 1.29 is 4.90 Å². The Balaban J connectivity index is 1.47. The van der Waals surface area contributed by atoms with E-state index in [1.54, 1.807) is 9.36 Å². The van der Waals surface area contributed by atoms with E-state index in [0.29, 0.717) is 11.4 Å². The van der Waals surface area contributed by atoms with Crippen LogP contribution in [0.25, 0.3) is 11.4 Å². The summed E-state index contributed by atoms with van der Waals surface area (Å²) in [6.07, 6.45) is 3.96. The number of aryl methyl sites for hydroxylation is 2. The summed E-state index contributed by atoms with van der Waals surface area (Å²) in [5.41, 5.74) is 5.50. The minimum atomic E-state index is 0.592. The first kappa shape index (κ1) is 19.2. The van der Waals surface area contributed by atoms with Gasteiger partial charge in [-0.15, -0.1) is 0 Å². The molecule has 0 saturated heterocycles. The van der Waals surface area contributed by atoms with Gasteiger partial charge in [-0.2, -0.15) is 14.5 Å². The smallest absolute Gasteiger partial charge is 0.225 e. The highest BCUT2D eigenvalue weighted by atomic mass is 32.1. The maximum absolute atomic E-state index is 5.62. The van der Waals surface area contributed by atoms with Crippen molar-refractivity contribution in [2.24, 2.45) is 0 Å². The summed E-state index contributed by atoms with van der Waals surface area (Å²) in [5.74, 6) is 0. The molecule has 0 aliphatic rings. The summed E-state index contributed by atoms with van der Waals surface area (Å²) < 4.78 is 5.97. The van der Waals surface area contributed by atoms with Crippen molar-refractivity contribution in [1.29, 1.82) is 0 Å². The summed E-state index contributed by atoms with van der Waals surface area (Å²) in [6.45, 7) is 5.57. The summed E-state index contributed by atoms with van der Waals surface area (Å²) in [4.78, 5) is 1.24. The maximum Gasteiger partial charge on any atom is 0.225 e. The average molecular weight is 407 g/mol. The van der Waals surface area contributed by atoms with Gasteiger partial charge in [-0.1, -0.05) is 24.3 Å². The third kappa shape index (κ3) is 4.33. The highest BCUT2D eigenvalue weighted by molar-refractivity contribution is 7.71. The largest absolute Gasteiger partial charge is 0.315 e. The Morgan fingerprint density at radius 1 is 0.966 bits per heavy atom. The van der Waals surface area contributed by atoms with E-state index >= 15 is 0 Å². The summed E-state index contributed by atoms with van der Waals surface area (Å²) in [7, 11) is 2.11. The molecule has 0 aliphatic carbocycles. The van der Waals surface area contributed by atoms with Gasteiger partial charge < -0.3 is 4.90 Å². The number of rotatable bonds is 6. The Morgan fingerprint density at radius 3 is 2.41 bits per heavy atom. The van der Waals surface area contributed by atoms with Crippen molar-refractivity contribution in [3.63, 3.8) is 0 Å². The molecule has 0 fully saturated rings. The molecule has 0 amide bonds. The molecule has 29 heavy (non-hydrogen) atoms. The fraction of sp³-hybridized carbons (Fsp3) is 0.238. The van der Waals surface area contributed by atoms with Gasteiger partial charge in [0.15, 0.2) is 6.67 Å². The van der Waals surface area contributed by atoms with Crippen LogP contribution in [0, 0.1) is 18.6 Å². The number of nitrogens with one attached hydrogen (secondary N) is 1. The second-order valence-electron chi connectivity index (χ2n) is 7.44. The second-order valence-corrected chi connectivity index (χ2v) is 7.80. The molecular formula is C21H24N7S+. The number of nitrogens with zero attached hydrogens (tertiary/aromatic N) is 6. The van der Waals surface area contributed by atoms with E-state index < -0.39 is 0 Å². The van der Waals surface area contributed by atoms with E-state index in [-0.39, 0.29) is 0 Å². The van der Waals surface area contributed by atoms with Gasteiger partial charge in [0.25, 0.3) is 0 Å². The number of quaternary nitrogens is 1. The van der Waals surface area contributed by atoms with Crippen LogP contribution in [0.3, 0.4) is 0 Å². The Kier molecular flexibility index (Phi) is 5.37. The van der Waals surface area contributed by atoms with Crippen LogP contribution in [0.2, 0.25) is 0 Å². The molecule has 148 valence electrons. The molecule has 2 heterocycles. The molecule has 0 bridgehead atoms. The Bertz CT molecular complexity index is 1150. The fourth-order valence-electron chi connectivity index (χ4n) is 3.44. The van der Waals surface area contributed by atoms with Gasteiger partial charge in [-0.25, -0.2) is 4.68 Å². The van der Waals surface area contributed by atoms with Gasteiger partial charge in [0, 0.05) is 11.8 Å². The Labute approximate surface area is 174 Å². The van der Waals surface area contributed by atoms with Crippen LogP contribution < -0.4 is 4.90 Å². The first-order valence-corrected chi connectivity index (χ1v) is 9.92. The van der Waals surface area contributed by atoms with Gasteiger partial charge in [0.2, 0.25) is 4.77 Å². The number of benzene rings is 2. The molecule has 4 rings (SSSR count). The number of hydrogen-bond donors (Lipinski definition) is 1. The number of aromatic nitrogens is 6. The zero-order valence-corrected chi connectivity index (χ0v) is 17.6. The van der Waals surface area contributed by atoms with Gasteiger partial charge in [0.1, 0.15) is 6.54 Å². The van der Waals surface area contributed by atoms with Gasteiger partial charge >= 0.3 is 0 Å². The maximum atomic E-state index is 5.62. The summed E-state index contributed by atoms with van der Waals surface area (Å²) in [5, 5.41) is 13.0. The van der Waals surface area contributed by atoms with Crippen LogP contribution in [0.4, 0.5) is 0 Å². The second kappa shape index (κ2) is 8.10. The predicted molar refractivity (Wildman–Crippen MR) is 114 cm³/mol. The highest BCUT2D eigenvalue weighted by Crippen LogP contribution is 2.13. The van der Waals surface area contributed by atoms with Gasteiger partial charge in [-0.3, -0.25) is 0 Å². The predicted octanol–water partition coefficient (Wildman–Crippen LogP) is 2.27. The topological polar surface area (TPSA) is 57.9 Å². The van der Waals surface area contributed by atoms with Crippen LogP contribution in [-0.4, -0.2) is 36.6 Å². The lowest BCUT2D eigenvalue weighted by molar-refractivity contribution is -0.917. The average Bonchev–Trinajstić information content (AvgIpc) is 3.29. The fourth-order valence-corrected chi connectivity index (χ4v) is 3.68.